The highest BCUT2D eigenvalue weighted by atomic mass is 79.9. The summed E-state index contributed by atoms with van der Waals surface area (Å²) in [6.45, 7) is 5.81. The minimum Gasteiger partial charge on any atom is -0.245 e. The molecule has 0 atom stereocenters. The van der Waals surface area contributed by atoms with Crippen molar-refractivity contribution >= 4 is 27.6 Å². The van der Waals surface area contributed by atoms with Crippen molar-refractivity contribution < 1.29 is 0 Å². The Bertz CT molecular complexity index is 602. The van der Waals surface area contributed by atoms with Gasteiger partial charge in [0.2, 0.25) is 5.95 Å². The van der Waals surface area contributed by atoms with Gasteiger partial charge in [0.15, 0.2) is 0 Å². The van der Waals surface area contributed by atoms with Gasteiger partial charge in [-0.1, -0.05) is 28.1 Å². The fourth-order valence-electron chi connectivity index (χ4n) is 1.69. The molecule has 5 heteroatoms. The number of benzene rings is 1. The number of hydrogen-bond donors (Lipinski definition) is 1. The van der Waals surface area contributed by atoms with E-state index in [1.165, 1.54) is 0 Å². The number of nitrogens with one attached hydrogen (secondary N) is 1. The van der Waals surface area contributed by atoms with Gasteiger partial charge in [-0.15, -0.1) is 0 Å². The third kappa shape index (κ3) is 3.86. The minimum absolute atomic E-state index is 0.520. The lowest BCUT2D eigenvalue weighted by Crippen LogP contribution is -2.03. The molecule has 0 aliphatic rings. The molecule has 19 heavy (non-hydrogen) atoms. The molecule has 0 aliphatic heterocycles. The third-order valence-electron chi connectivity index (χ3n) is 2.55. The molecule has 0 amide bonds. The van der Waals surface area contributed by atoms with Gasteiger partial charge in [-0.05, 0) is 44.5 Å². The van der Waals surface area contributed by atoms with Crippen LogP contribution in [0.5, 0.6) is 0 Å². The Morgan fingerprint density at radius 2 is 1.84 bits per heavy atom. The molecule has 0 saturated heterocycles. The Balaban J connectivity index is 2.18. The van der Waals surface area contributed by atoms with E-state index in [0.717, 1.165) is 27.1 Å². The van der Waals surface area contributed by atoms with E-state index in [2.05, 4.69) is 36.4 Å². The topological polar surface area (TPSA) is 50.2 Å². The summed E-state index contributed by atoms with van der Waals surface area (Å²) in [5.74, 6) is 0.520. The van der Waals surface area contributed by atoms with Crippen LogP contribution in [-0.4, -0.2) is 15.7 Å². The maximum atomic E-state index is 4.31. The lowest BCUT2D eigenvalue weighted by atomic mass is 10.1. The summed E-state index contributed by atoms with van der Waals surface area (Å²) in [5.41, 5.74) is 6.66. The maximum Gasteiger partial charge on any atom is 0.243 e. The van der Waals surface area contributed by atoms with Crippen molar-refractivity contribution in [1.29, 1.82) is 0 Å². The second kappa shape index (κ2) is 5.93. The van der Waals surface area contributed by atoms with Crippen LogP contribution >= 0.6 is 15.9 Å². The largest absolute Gasteiger partial charge is 0.245 e. The van der Waals surface area contributed by atoms with Crippen molar-refractivity contribution in [2.24, 2.45) is 5.10 Å². The van der Waals surface area contributed by atoms with Crippen LogP contribution in [0.25, 0.3) is 0 Å². The molecule has 0 bridgehead atoms. The van der Waals surface area contributed by atoms with E-state index in [1.54, 1.807) is 0 Å². The Kier molecular flexibility index (Phi) is 4.27. The molecule has 0 aliphatic carbocycles. The molecule has 0 radical (unpaired) electrons. The zero-order valence-electron chi connectivity index (χ0n) is 11.1. The molecule has 0 unspecified atom stereocenters. The average molecular weight is 319 g/mol. The Labute approximate surface area is 121 Å². The van der Waals surface area contributed by atoms with E-state index >= 15 is 0 Å². The van der Waals surface area contributed by atoms with Gasteiger partial charge in [0, 0.05) is 15.9 Å². The quantitative estimate of drug-likeness (QED) is 0.693. The van der Waals surface area contributed by atoms with Crippen LogP contribution in [0.2, 0.25) is 0 Å². The van der Waals surface area contributed by atoms with Crippen molar-refractivity contribution in [1.82, 2.24) is 9.97 Å². The van der Waals surface area contributed by atoms with Gasteiger partial charge < -0.3 is 0 Å². The van der Waals surface area contributed by atoms with Crippen molar-refractivity contribution in [3.63, 3.8) is 0 Å². The van der Waals surface area contributed by atoms with Gasteiger partial charge in [0.05, 0.1) is 5.71 Å². The van der Waals surface area contributed by atoms with Gasteiger partial charge in [-0.2, -0.15) is 5.10 Å². The fourth-order valence-corrected chi connectivity index (χ4v) is 2.09. The third-order valence-corrected chi connectivity index (χ3v) is 3.04. The van der Waals surface area contributed by atoms with E-state index < -0.39 is 0 Å². The van der Waals surface area contributed by atoms with E-state index in [9.17, 15) is 0 Å². The molecule has 1 N–H and O–H groups in total. The molecular formula is C14H15BrN4. The lowest BCUT2D eigenvalue weighted by Gasteiger charge is -2.04. The van der Waals surface area contributed by atoms with E-state index in [0.29, 0.717) is 5.95 Å². The predicted octanol–water partition coefficient (Wildman–Crippen LogP) is 3.69. The Hall–Kier alpha value is -1.75. The molecule has 1 aromatic carbocycles. The molecule has 2 aromatic rings. The number of aryl methyl sites for hydroxylation is 2. The summed E-state index contributed by atoms with van der Waals surface area (Å²) >= 11 is 3.45. The van der Waals surface area contributed by atoms with E-state index in [1.807, 2.05) is 51.1 Å². The van der Waals surface area contributed by atoms with Gasteiger partial charge >= 0.3 is 0 Å². The maximum absolute atomic E-state index is 4.31. The highest BCUT2D eigenvalue weighted by molar-refractivity contribution is 9.10. The van der Waals surface area contributed by atoms with Crippen LogP contribution in [0, 0.1) is 13.8 Å². The van der Waals surface area contributed by atoms with Crippen molar-refractivity contribution in [3.8, 4) is 0 Å². The SMILES string of the molecule is C/C(=N\Nc1nc(C)cc(C)n1)c1cccc(Br)c1. The van der Waals surface area contributed by atoms with E-state index in [-0.39, 0.29) is 0 Å². The summed E-state index contributed by atoms with van der Waals surface area (Å²) in [4.78, 5) is 8.56. The molecular weight excluding hydrogens is 304 g/mol. The number of halogens is 1. The fraction of sp³-hybridized carbons (Fsp3) is 0.214. The molecule has 1 heterocycles. The zero-order chi connectivity index (χ0) is 13.8. The summed E-state index contributed by atoms with van der Waals surface area (Å²) in [5, 5.41) is 4.31. The number of aromatic nitrogens is 2. The first-order valence-electron chi connectivity index (χ1n) is 5.93. The first-order chi connectivity index (χ1) is 9.04. The normalized spacial score (nSPS) is 11.5. The predicted molar refractivity (Wildman–Crippen MR) is 81.5 cm³/mol. The van der Waals surface area contributed by atoms with Crippen LogP contribution in [0.15, 0.2) is 39.9 Å². The van der Waals surface area contributed by atoms with Crippen LogP contribution in [0.1, 0.15) is 23.9 Å². The summed E-state index contributed by atoms with van der Waals surface area (Å²) < 4.78 is 1.03. The molecule has 0 spiro atoms. The molecule has 98 valence electrons. The van der Waals surface area contributed by atoms with Gasteiger partial charge in [-0.25, -0.2) is 15.4 Å². The minimum atomic E-state index is 0.520. The average Bonchev–Trinajstić information content (AvgIpc) is 2.35. The molecule has 0 fully saturated rings. The highest BCUT2D eigenvalue weighted by Gasteiger charge is 2.00. The summed E-state index contributed by atoms with van der Waals surface area (Å²) in [6.07, 6.45) is 0. The van der Waals surface area contributed by atoms with E-state index in [4.69, 9.17) is 0 Å². The second-order valence-corrected chi connectivity index (χ2v) is 5.21. The summed E-state index contributed by atoms with van der Waals surface area (Å²) in [7, 11) is 0. The number of nitrogens with zero attached hydrogens (tertiary/aromatic N) is 3. The van der Waals surface area contributed by atoms with Gasteiger partial charge in [0.25, 0.3) is 0 Å². The van der Waals surface area contributed by atoms with Gasteiger partial charge in [-0.3, -0.25) is 0 Å². The monoisotopic (exact) mass is 318 g/mol. The lowest BCUT2D eigenvalue weighted by molar-refractivity contribution is 1.03. The summed E-state index contributed by atoms with van der Waals surface area (Å²) in [6, 6.07) is 9.91. The second-order valence-electron chi connectivity index (χ2n) is 4.29. The van der Waals surface area contributed by atoms with Crippen LogP contribution < -0.4 is 5.43 Å². The van der Waals surface area contributed by atoms with Crippen LogP contribution in [-0.2, 0) is 0 Å². The number of hydrazone groups is 1. The smallest absolute Gasteiger partial charge is 0.243 e. The molecule has 4 nitrogen and oxygen atoms in total. The molecule has 1 aromatic heterocycles. The zero-order valence-corrected chi connectivity index (χ0v) is 12.7. The number of rotatable bonds is 3. The highest BCUT2D eigenvalue weighted by Crippen LogP contribution is 2.12. The first kappa shape index (κ1) is 13.7. The Morgan fingerprint density at radius 1 is 1.16 bits per heavy atom. The molecule has 2 rings (SSSR count). The number of hydrogen-bond acceptors (Lipinski definition) is 4. The Morgan fingerprint density at radius 3 is 2.47 bits per heavy atom. The van der Waals surface area contributed by atoms with Crippen LogP contribution in [0.4, 0.5) is 5.95 Å². The standard InChI is InChI=1S/C14H15BrN4/c1-9-7-10(2)17-14(16-9)19-18-11(3)12-5-4-6-13(15)8-12/h4-8H,1-3H3,(H,16,17,19)/b18-11+. The van der Waals surface area contributed by atoms with Crippen molar-refractivity contribution in [2.75, 3.05) is 5.43 Å². The number of anilines is 1. The van der Waals surface area contributed by atoms with Crippen molar-refractivity contribution in [3.05, 3.63) is 51.8 Å². The molecule has 0 saturated carbocycles. The van der Waals surface area contributed by atoms with Crippen LogP contribution in [0.3, 0.4) is 0 Å². The van der Waals surface area contributed by atoms with Gasteiger partial charge in [0.1, 0.15) is 0 Å². The first-order valence-corrected chi connectivity index (χ1v) is 6.72. The van der Waals surface area contributed by atoms with Crippen molar-refractivity contribution in [2.45, 2.75) is 20.8 Å².